The number of rotatable bonds is 4. The zero-order valence-electron chi connectivity index (χ0n) is 18.7. The third kappa shape index (κ3) is 4.38. The SMILES string of the molecule is CCN1C(=S)NC(c2ccc(Oc3ccc(C(C)(C)C)cc3)cc2)C2=C1CCCC2=O. The van der Waals surface area contributed by atoms with Crippen molar-refractivity contribution in [2.24, 2.45) is 0 Å². The van der Waals surface area contributed by atoms with Gasteiger partial charge >= 0.3 is 0 Å². The Kier molecular flexibility index (Phi) is 5.89. The zero-order valence-corrected chi connectivity index (χ0v) is 19.5. The van der Waals surface area contributed by atoms with Gasteiger partial charge in [-0.2, -0.15) is 0 Å². The van der Waals surface area contributed by atoms with E-state index >= 15 is 0 Å². The molecule has 1 N–H and O–H groups in total. The van der Waals surface area contributed by atoms with Gasteiger partial charge in [0, 0.05) is 24.2 Å². The van der Waals surface area contributed by atoms with Gasteiger partial charge in [0.1, 0.15) is 11.5 Å². The number of hydrogen-bond donors (Lipinski definition) is 1. The van der Waals surface area contributed by atoms with E-state index in [0.29, 0.717) is 11.5 Å². The van der Waals surface area contributed by atoms with Gasteiger partial charge in [-0.05, 0) is 72.8 Å². The molecule has 5 heteroatoms. The highest BCUT2D eigenvalue weighted by Crippen LogP contribution is 2.38. The molecule has 0 aromatic heterocycles. The van der Waals surface area contributed by atoms with Crippen molar-refractivity contribution in [2.75, 3.05) is 6.54 Å². The molecule has 1 unspecified atom stereocenters. The third-order valence-corrected chi connectivity index (χ3v) is 6.38. The van der Waals surface area contributed by atoms with E-state index in [9.17, 15) is 4.79 Å². The summed E-state index contributed by atoms with van der Waals surface area (Å²) in [6.07, 6.45) is 2.40. The molecule has 2 aliphatic rings. The molecule has 4 rings (SSSR count). The molecule has 0 bridgehead atoms. The van der Waals surface area contributed by atoms with Crippen LogP contribution in [0.1, 0.15) is 64.1 Å². The van der Waals surface area contributed by atoms with Crippen LogP contribution < -0.4 is 10.1 Å². The highest BCUT2D eigenvalue weighted by molar-refractivity contribution is 7.80. The summed E-state index contributed by atoms with van der Waals surface area (Å²) in [5.74, 6) is 1.80. The number of hydrogen-bond acceptors (Lipinski definition) is 3. The van der Waals surface area contributed by atoms with Gasteiger partial charge in [-0.3, -0.25) is 4.79 Å². The van der Waals surface area contributed by atoms with E-state index in [1.807, 2.05) is 36.4 Å². The summed E-state index contributed by atoms with van der Waals surface area (Å²) < 4.78 is 6.04. The van der Waals surface area contributed by atoms with Gasteiger partial charge in [0.15, 0.2) is 10.9 Å². The van der Waals surface area contributed by atoms with Crippen LogP contribution in [0.25, 0.3) is 0 Å². The standard InChI is InChI=1S/C26H30N2O2S/c1-5-28-21-7-6-8-22(29)23(21)24(27-25(28)31)17-9-13-19(14-10-17)30-20-15-11-18(12-16-20)26(2,3)4/h9-16,24H,5-8H2,1-4H3,(H,27,31). The van der Waals surface area contributed by atoms with Gasteiger partial charge in [0.05, 0.1) is 6.04 Å². The van der Waals surface area contributed by atoms with Crippen LogP contribution in [-0.4, -0.2) is 22.3 Å². The molecule has 1 atom stereocenters. The summed E-state index contributed by atoms with van der Waals surface area (Å²) in [4.78, 5) is 14.9. The number of Topliss-reactive ketones (excluding diaryl/α,β-unsaturated/α-hetero) is 1. The Morgan fingerprint density at radius 2 is 1.65 bits per heavy atom. The average molecular weight is 435 g/mol. The smallest absolute Gasteiger partial charge is 0.173 e. The van der Waals surface area contributed by atoms with Crippen molar-refractivity contribution in [1.29, 1.82) is 0 Å². The number of nitrogens with one attached hydrogen (secondary N) is 1. The molecule has 1 heterocycles. The van der Waals surface area contributed by atoms with Crippen LogP contribution >= 0.6 is 12.2 Å². The maximum Gasteiger partial charge on any atom is 0.173 e. The molecule has 31 heavy (non-hydrogen) atoms. The van der Waals surface area contributed by atoms with Crippen LogP contribution in [-0.2, 0) is 10.2 Å². The highest BCUT2D eigenvalue weighted by Gasteiger charge is 2.36. The fraction of sp³-hybridized carbons (Fsp3) is 0.385. The molecule has 2 aromatic rings. The van der Waals surface area contributed by atoms with E-state index in [1.165, 1.54) is 5.56 Å². The van der Waals surface area contributed by atoms with Crippen LogP contribution in [0.3, 0.4) is 0 Å². The lowest BCUT2D eigenvalue weighted by Crippen LogP contribution is -2.49. The normalized spacial score (nSPS) is 19.2. The van der Waals surface area contributed by atoms with Gasteiger partial charge in [-0.1, -0.05) is 45.0 Å². The highest BCUT2D eigenvalue weighted by atomic mass is 32.1. The maximum atomic E-state index is 12.8. The predicted molar refractivity (Wildman–Crippen MR) is 128 cm³/mol. The Balaban J connectivity index is 1.56. The minimum Gasteiger partial charge on any atom is -0.457 e. The Morgan fingerprint density at radius 3 is 2.23 bits per heavy atom. The number of ether oxygens (including phenoxy) is 1. The van der Waals surface area contributed by atoms with Crippen LogP contribution in [0.15, 0.2) is 59.8 Å². The quantitative estimate of drug-likeness (QED) is 0.595. The van der Waals surface area contributed by atoms with Crippen LogP contribution in [0.2, 0.25) is 0 Å². The number of benzene rings is 2. The lowest BCUT2D eigenvalue weighted by atomic mass is 9.85. The van der Waals surface area contributed by atoms with Crippen molar-refractivity contribution in [2.45, 2.75) is 58.4 Å². The average Bonchev–Trinajstić information content (AvgIpc) is 2.74. The second-order valence-corrected chi connectivity index (χ2v) is 9.60. The second kappa shape index (κ2) is 8.46. The van der Waals surface area contributed by atoms with Crippen molar-refractivity contribution >= 4 is 23.1 Å². The number of carbonyl (C=O) groups is 1. The number of carbonyl (C=O) groups excluding carboxylic acids is 1. The van der Waals surface area contributed by atoms with Crippen molar-refractivity contribution in [3.8, 4) is 11.5 Å². The first kappa shape index (κ1) is 21.6. The molecule has 0 amide bonds. The first-order chi connectivity index (χ1) is 14.8. The lowest BCUT2D eigenvalue weighted by Gasteiger charge is -2.40. The summed E-state index contributed by atoms with van der Waals surface area (Å²) in [7, 11) is 0. The van der Waals surface area contributed by atoms with E-state index in [2.05, 4.69) is 50.0 Å². The molecule has 0 saturated heterocycles. The largest absolute Gasteiger partial charge is 0.457 e. The third-order valence-electron chi connectivity index (χ3n) is 6.04. The first-order valence-corrected chi connectivity index (χ1v) is 11.4. The van der Waals surface area contributed by atoms with Crippen molar-refractivity contribution < 1.29 is 9.53 Å². The number of thiocarbonyl (C=S) groups is 1. The molecule has 0 saturated carbocycles. The van der Waals surface area contributed by atoms with Crippen LogP contribution in [0.4, 0.5) is 0 Å². The Morgan fingerprint density at radius 1 is 1.03 bits per heavy atom. The fourth-order valence-corrected chi connectivity index (χ4v) is 4.68. The summed E-state index contributed by atoms with van der Waals surface area (Å²) in [5, 5.41) is 4.09. The van der Waals surface area contributed by atoms with E-state index in [1.54, 1.807) is 0 Å². The summed E-state index contributed by atoms with van der Waals surface area (Å²) in [6, 6.07) is 16.0. The topological polar surface area (TPSA) is 41.6 Å². The molecule has 0 spiro atoms. The van der Waals surface area contributed by atoms with E-state index in [0.717, 1.165) is 47.7 Å². The molecule has 4 nitrogen and oxygen atoms in total. The van der Waals surface area contributed by atoms with Crippen molar-refractivity contribution in [1.82, 2.24) is 10.2 Å². The van der Waals surface area contributed by atoms with Crippen molar-refractivity contribution in [3.63, 3.8) is 0 Å². The van der Waals surface area contributed by atoms with Gasteiger partial charge < -0.3 is 15.0 Å². The van der Waals surface area contributed by atoms with Gasteiger partial charge in [-0.25, -0.2) is 0 Å². The first-order valence-electron chi connectivity index (χ1n) is 11.0. The minimum absolute atomic E-state index is 0.116. The Bertz CT molecular complexity index is 1020. The molecule has 0 fully saturated rings. The molecule has 1 aliphatic carbocycles. The Labute approximate surface area is 190 Å². The molecule has 2 aromatic carbocycles. The molecular weight excluding hydrogens is 404 g/mol. The summed E-state index contributed by atoms with van der Waals surface area (Å²) in [5.41, 5.74) is 4.37. The van der Waals surface area contributed by atoms with E-state index in [4.69, 9.17) is 17.0 Å². The lowest BCUT2D eigenvalue weighted by molar-refractivity contribution is -0.116. The van der Waals surface area contributed by atoms with Crippen molar-refractivity contribution in [3.05, 3.63) is 70.9 Å². The zero-order chi connectivity index (χ0) is 22.2. The number of allylic oxidation sites excluding steroid dienone is 1. The van der Waals surface area contributed by atoms with Gasteiger partial charge in [0.2, 0.25) is 0 Å². The fourth-order valence-electron chi connectivity index (χ4n) is 4.32. The van der Waals surface area contributed by atoms with E-state index < -0.39 is 0 Å². The van der Waals surface area contributed by atoms with Gasteiger partial charge in [-0.15, -0.1) is 0 Å². The van der Waals surface area contributed by atoms with Crippen LogP contribution in [0.5, 0.6) is 11.5 Å². The molecule has 1 aliphatic heterocycles. The summed E-state index contributed by atoms with van der Waals surface area (Å²) >= 11 is 5.60. The summed E-state index contributed by atoms with van der Waals surface area (Å²) in [6.45, 7) is 9.43. The minimum atomic E-state index is -0.196. The van der Waals surface area contributed by atoms with E-state index in [-0.39, 0.29) is 17.2 Å². The van der Waals surface area contributed by atoms with Crippen LogP contribution in [0, 0.1) is 0 Å². The molecule has 162 valence electrons. The maximum absolute atomic E-state index is 12.8. The number of nitrogens with zero attached hydrogens (tertiary/aromatic N) is 1. The number of ketones is 1. The predicted octanol–water partition coefficient (Wildman–Crippen LogP) is 6.03. The molecule has 0 radical (unpaired) electrons. The molecular formula is C26H30N2O2S. The monoisotopic (exact) mass is 434 g/mol. The second-order valence-electron chi connectivity index (χ2n) is 9.21. The Hall–Kier alpha value is -2.66. The van der Waals surface area contributed by atoms with Gasteiger partial charge in [0.25, 0.3) is 0 Å².